The molecule has 1 aromatic rings. The van der Waals surface area contributed by atoms with Crippen LogP contribution in [0.1, 0.15) is 80.1 Å². The molecule has 2 atom stereocenters. The van der Waals surface area contributed by atoms with E-state index in [1.807, 2.05) is 0 Å². The third kappa shape index (κ3) is 3.35. The molecule has 0 N–H and O–H groups in total. The summed E-state index contributed by atoms with van der Waals surface area (Å²) in [6, 6.07) is 3.29. The zero-order valence-corrected chi connectivity index (χ0v) is 16.8. The van der Waals surface area contributed by atoms with Crippen LogP contribution < -0.4 is 4.74 Å². The summed E-state index contributed by atoms with van der Waals surface area (Å²) in [7, 11) is 0. The fourth-order valence-corrected chi connectivity index (χ4v) is 5.09. The standard InChI is InChI=1S/C24H30FNO2/c1-24(8-7-17-11-18(17)14-24)15-28-22-13-21(25)20(12-19(22)16-5-4-6-16)23(27)26-9-2-3-10-26/h7,12-13,16,18H,2-6,8-11,14-15H2,1H3. The van der Waals surface area contributed by atoms with E-state index in [2.05, 4.69) is 13.0 Å². The van der Waals surface area contributed by atoms with Gasteiger partial charge in [0.15, 0.2) is 0 Å². The van der Waals surface area contributed by atoms with Crippen molar-refractivity contribution in [2.45, 2.75) is 64.2 Å². The van der Waals surface area contributed by atoms with Crippen molar-refractivity contribution in [3.8, 4) is 5.75 Å². The highest BCUT2D eigenvalue weighted by Gasteiger charge is 2.41. The normalized spacial score (nSPS) is 29.1. The van der Waals surface area contributed by atoms with Crippen LogP contribution in [0.4, 0.5) is 4.39 Å². The van der Waals surface area contributed by atoms with E-state index in [1.54, 1.807) is 16.5 Å². The van der Waals surface area contributed by atoms with Crippen molar-refractivity contribution in [3.63, 3.8) is 0 Å². The number of fused-ring (bicyclic) bond motifs is 1. The van der Waals surface area contributed by atoms with E-state index in [9.17, 15) is 9.18 Å². The van der Waals surface area contributed by atoms with Gasteiger partial charge in [-0.1, -0.05) is 25.0 Å². The summed E-state index contributed by atoms with van der Waals surface area (Å²) >= 11 is 0. The number of carbonyl (C=O) groups excluding carboxylic acids is 1. The van der Waals surface area contributed by atoms with Crippen LogP contribution in [-0.2, 0) is 0 Å². The van der Waals surface area contributed by atoms with E-state index < -0.39 is 5.82 Å². The van der Waals surface area contributed by atoms with E-state index in [0.717, 1.165) is 56.7 Å². The van der Waals surface area contributed by atoms with Crippen LogP contribution in [0.15, 0.2) is 23.8 Å². The Bertz CT molecular complexity index is 822. The maximum Gasteiger partial charge on any atom is 0.256 e. The second-order valence-corrected chi connectivity index (χ2v) is 9.68. The van der Waals surface area contributed by atoms with Crippen LogP contribution in [0, 0.1) is 17.2 Å². The summed E-state index contributed by atoms with van der Waals surface area (Å²) in [5, 5.41) is 0. The molecule has 3 nitrogen and oxygen atoms in total. The SMILES string of the molecule is CC1(COc2cc(F)c(C(=O)N3CCCC3)cc2C2CCC2)CC=C2CC2C1. The van der Waals surface area contributed by atoms with Crippen molar-refractivity contribution >= 4 is 5.91 Å². The highest BCUT2D eigenvalue weighted by molar-refractivity contribution is 5.95. The summed E-state index contributed by atoms with van der Waals surface area (Å²) < 4.78 is 21.2. The van der Waals surface area contributed by atoms with Crippen molar-refractivity contribution in [3.05, 3.63) is 40.7 Å². The number of hydrogen-bond acceptors (Lipinski definition) is 2. The minimum atomic E-state index is -0.437. The zero-order chi connectivity index (χ0) is 19.3. The summed E-state index contributed by atoms with van der Waals surface area (Å²) in [4.78, 5) is 14.6. The van der Waals surface area contributed by atoms with Gasteiger partial charge in [-0.25, -0.2) is 4.39 Å². The molecule has 28 heavy (non-hydrogen) atoms. The molecule has 0 aromatic heterocycles. The fourth-order valence-electron chi connectivity index (χ4n) is 5.09. The second-order valence-electron chi connectivity index (χ2n) is 9.68. The quantitative estimate of drug-likeness (QED) is 0.632. The molecule has 4 heteroatoms. The Hall–Kier alpha value is -1.84. The lowest BCUT2D eigenvalue weighted by molar-refractivity contribution is 0.0787. The summed E-state index contributed by atoms with van der Waals surface area (Å²) in [6.45, 7) is 4.38. The lowest BCUT2D eigenvalue weighted by atomic mass is 9.78. The smallest absolute Gasteiger partial charge is 0.256 e. The zero-order valence-electron chi connectivity index (χ0n) is 16.8. The Kier molecular flexibility index (Phi) is 4.48. The average Bonchev–Trinajstić information content (AvgIpc) is 3.16. The summed E-state index contributed by atoms with van der Waals surface area (Å²) in [6.07, 6.45) is 11.3. The number of hydrogen-bond donors (Lipinski definition) is 0. The van der Waals surface area contributed by atoms with Gasteiger partial charge in [-0.2, -0.15) is 0 Å². The molecule has 150 valence electrons. The highest BCUT2D eigenvalue weighted by atomic mass is 19.1. The number of ether oxygens (including phenoxy) is 1. The van der Waals surface area contributed by atoms with Gasteiger partial charge in [0.25, 0.3) is 5.91 Å². The van der Waals surface area contributed by atoms with E-state index in [0.29, 0.717) is 18.3 Å². The number of likely N-dealkylation sites (tertiary alicyclic amines) is 1. The molecule has 2 saturated carbocycles. The van der Waals surface area contributed by atoms with Gasteiger partial charge < -0.3 is 9.64 Å². The second kappa shape index (κ2) is 6.89. The predicted octanol–water partition coefficient (Wildman–Crippen LogP) is 5.45. The van der Waals surface area contributed by atoms with Crippen molar-refractivity contribution in [2.75, 3.05) is 19.7 Å². The van der Waals surface area contributed by atoms with Crippen LogP contribution in [0.3, 0.4) is 0 Å². The third-order valence-electron chi connectivity index (χ3n) is 7.29. The summed E-state index contributed by atoms with van der Waals surface area (Å²) in [5.41, 5.74) is 3.01. The first-order chi connectivity index (χ1) is 13.5. The minimum absolute atomic E-state index is 0.127. The number of allylic oxidation sites excluding steroid dienone is 2. The molecule has 5 rings (SSSR count). The molecule has 0 bridgehead atoms. The Morgan fingerprint density at radius 2 is 2.00 bits per heavy atom. The average molecular weight is 384 g/mol. The molecule has 1 saturated heterocycles. The number of nitrogens with zero attached hydrogens (tertiary/aromatic N) is 1. The number of halogens is 1. The van der Waals surface area contributed by atoms with E-state index in [4.69, 9.17) is 4.74 Å². The number of benzene rings is 1. The van der Waals surface area contributed by atoms with Gasteiger partial charge in [0.05, 0.1) is 12.2 Å². The molecule has 1 aliphatic heterocycles. The van der Waals surface area contributed by atoms with E-state index in [-0.39, 0.29) is 16.9 Å². The maximum atomic E-state index is 14.9. The summed E-state index contributed by atoms with van der Waals surface area (Å²) in [5.74, 6) is 1.22. The molecule has 2 unspecified atom stereocenters. The largest absolute Gasteiger partial charge is 0.493 e. The van der Waals surface area contributed by atoms with Crippen molar-refractivity contribution in [1.82, 2.24) is 4.90 Å². The third-order valence-corrected chi connectivity index (χ3v) is 7.29. The molecular formula is C24H30FNO2. The number of carbonyl (C=O) groups is 1. The lowest BCUT2D eigenvalue weighted by Crippen LogP contribution is -2.29. The van der Waals surface area contributed by atoms with Gasteiger partial charge in [0, 0.05) is 24.6 Å². The fraction of sp³-hybridized carbons (Fsp3) is 0.625. The van der Waals surface area contributed by atoms with Crippen LogP contribution in [-0.4, -0.2) is 30.5 Å². The molecule has 3 fully saturated rings. The van der Waals surface area contributed by atoms with Crippen LogP contribution in [0.25, 0.3) is 0 Å². The van der Waals surface area contributed by atoms with E-state index in [1.165, 1.54) is 25.3 Å². The molecule has 1 aromatic carbocycles. The van der Waals surface area contributed by atoms with Gasteiger partial charge in [-0.05, 0) is 68.4 Å². The lowest BCUT2D eigenvalue weighted by Gasteiger charge is -2.33. The first-order valence-electron chi connectivity index (χ1n) is 11.0. The minimum Gasteiger partial charge on any atom is -0.493 e. The van der Waals surface area contributed by atoms with Gasteiger partial charge in [0.2, 0.25) is 0 Å². The van der Waals surface area contributed by atoms with Gasteiger partial charge in [-0.3, -0.25) is 4.79 Å². The Balaban J connectivity index is 1.38. The molecule has 4 aliphatic rings. The number of amides is 1. The maximum absolute atomic E-state index is 14.9. The molecule has 0 spiro atoms. The Morgan fingerprint density at radius 3 is 2.68 bits per heavy atom. The molecule has 0 radical (unpaired) electrons. The van der Waals surface area contributed by atoms with Crippen molar-refractivity contribution < 1.29 is 13.9 Å². The monoisotopic (exact) mass is 383 g/mol. The van der Waals surface area contributed by atoms with E-state index >= 15 is 0 Å². The van der Waals surface area contributed by atoms with Crippen molar-refractivity contribution in [2.24, 2.45) is 11.3 Å². The molecule has 1 heterocycles. The predicted molar refractivity (Wildman–Crippen MR) is 107 cm³/mol. The first kappa shape index (κ1) is 18.2. The van der Waals surface area contributed by atoms with Gasteiger partial charge in [0.1, 0.15) is 11.6 Å². The van der Waals surface area contributed by atoms with Crippen LogP contribution in [0.5, 0.6) is 5.75 Å². The van der Waals surface area contributed by atoms with Gasteiger partial charge in [-0.15, -0.1) is 0 Å². The van der Waals surface area contributed by atoms with Gasteiger partial charge >= 0.3 is 0 Å². The topological polar surface area (TPSA) is 29.5 Å². The van der Waals surface area contributed by atoms with Crippen LogP contribution in [0.2, 0.25) is 0 Å². The molecular weight excluding hydrogens is 353 g/mol. The Labute approximate surface area is 166 Å². The van der Waals surface area contributed by atoms with Crippen molar-refractivity contribution in [1.29, 1.82) is 0 Å². The molecule has 1 amide bonds. The number of rotatable bonds is 5. The molecule has 3 aliphatic carbocycles. The van der Waals surface area contributed by atoms with Crippen LogP contribution >= 0.6 is 0 Å². The highest BCUT2D eigenvalue weighted by Crippen LogP contribution is 2.52. The first-order valence-corrected chi connectivity index (χ1v) is 11.0. The Morgan fingerprint density at radius 1 is 1.21 bits per heavy atom.